The molecule has 0 fully saturated rings. The fourth-order valence-electron chi connectivity index (χ4n) is 12.1. The second kappa shape index (κ2) is 20.8. The minimum atomic E-state index is -2.76. The number of fused-ring (bicyclic) bond motifs is 10. The molecular weight excluding hydrogens is 1200 g/mol. The second-order valence-corrected chi connectivity index (χ2v) is 23.5. The first-order chi connectivity index (χ1) is 44.9. The van der Waals surface area contributed by atoms with Crippen LogP contribution >= 0.6 is 0 Å². The average Bonchev–Trinajstić information content (AvgIpc) is 1.48. The molecule has 0 amide bonds. The summed E-state index contributed by atoms with van der Waals surface area (Å²) in [6.07, 6.45) is 5.63. The summed E-state index contributed by atoms with van der Waals surface area (Å²) in [6.45, 7) is 1.91. The van der Waals surface area contributed by atoms with Crippen LogP contribution in [0.4, 0.5) is 0 Å². The molecule has 13 aromatic rings. The Hall–Kier alpha value is -8.89. The van der Waals surface area contributed by atoms with E-state index in [0.29, 0.717) is 78.4 Å². The molecule has 14 rings (SSSR count). The molecule has 3 aromatic heterocycles. The van der Waals surface area contributed by atoms with Crippen LogP contribution in [-0.4, -0.2) is 14.1 Å². The normalized spacial score (nSPS) is 14.8. The van der Waals surface area contributed by atoms with E-state index in [1.54, 1.807) is 6.07 Å². The molecular formula is C78H64N4OPt-2. The first kappa shape index (κ1) is 42.0. The van der Waals surface area contributed by atoms with E-state index in [1.165, 1.54) is 36.4 Å². The van der Waals surface area contributed by atoms with Crippen molar-refractivity contribution in [3.8, 4) is 95.5 Å². The van der Waals surface area contributed by atoms with Crippen LogP contribution in [0.2, 0.25) is 0 Å². The molecule has 10 aromatic carbocycles. The van der Waals surface area contributed by atoms with E-state index in [4.69, 9.17) is 26.2 Å². The van der Waals surface area contributed by atoms with Gasteiger partial charge < -0.3 is 13.9 Å². The molecule has 0 unspecified atom stereocenters. The summed E-state index contributed by atoms with van der Waals surface area (Å²) < 4.78 is 120. The third-order valence-corrected chi connectivity index (χ3v) is 16.2. The van der Waals surface area contributed by atoms with Crippen molar-refractivity contribution in [3.63, 3.8) is 0 Å². The Morgan fingerprint density at radius 3 is 1.67 bits per heavy atom. The third kappa shape index (κ3) is 9.21. The molecule has 1 aliphatic rings. The maximum Gasteiger partial charge on any atom is 0.268 e. The average molecular weight is 1280 g/mol. The third-order valence-electron chi connectivity index (χ3n) is 16.2. The minimum Gasteiger partial charge on any atom is -0.510 e. The summed E-state index contributed by atoms with van der Waals surface area (Å²) in [5.41, 5.74) is 11.2. The molecule has 0 aliphatic carbocycles. The van der Waals surface area contributed by atoms with Crippen molar-refractivity contribution < 1.29 is 46.8 Å². The van der Waals surface area contributed by atoms with E-state index < -0.39 is 27.4 Å². The van der Waals surface area contributed by atoms with Gasteiger partial charge in [-0.15, -0.1) is 29.7 Å². The molecule has 4 heterocycles. The first-order valence-corrected chi connectivity index (χ1v) is 27.9. The van der Waals surface area contributed by atoms with Crippen LogP contribution in [0, 0.1) is 45.9 Å². The standard InChI is InChI=1S/C78H64N4O.Pt/c1-48-20-17-21-49(2)73(48)53-40-66(52-32-34-55(35-33-52)77(5,6)7)75-67(41-53)62-28-13-11-26-60(62)61-27-12-14-29-63(61)68-42-54(74-50(3)22-18-23-51(74)4)43-71-76(68)81(75)47-80(71)57-24-19-25-58(45-57)83-59-36-37-65-64-30-15-16-31-69(64)82(70(65)46-59)72-44-56(38-39-79-72)78(8,9)10;/h11-44H,1-10H3;/q-2;/i1D3,2D3,3D3,4D3;. The van der Waals surface area contributed by atoms with Gasteiger partial charge in [-0.25, -0.2) is 4.98 Å². The quantitative estimate of drug-likeness (QED) is 0.118. The Balaban J connectivity index is 0.00000833. The van der Waals surface area contributed by atoms with Crippen LogP contribution in [0.25, 0.3) is 117 Å². The number of nitrogens with zero attached hydrogens (tertiary/aromatic N) is 4. The molecule has 0 bridgehead atoms. The molecule has 414 valence electrons. The summed E-state index contributed by atoms with van der Waals surface area (Å²) in [5, 5.41) is 1.97. The van der Waals surface area contributed by atoms with E-state index in [1.807, 2.05) is 143 Å². The number of hydrogen-bond acceptors (Lipinski definition) is 2. The van der Waals surface area contributed by atoms with Gasteiger partial charge in [0.2, 0.25) is 0 Å². The van der Waals surface area contributed by atoms with Crippen molar-refractivity contribution in [2.24, 2.45) is 0 Å². The molecule has 0 N–H and O–H groups in total. The SMILES string of the molecule is [2H]C([2H])([2H])c1cccc(C([2H])([2H])[2H])c1-c1cc(-c2ccc(C(C)(C)C)cc2)c2c(c1)-c1ccccc1-c1ccccc1-c1cc(-c3c(C([2H])([2H])[2H])cccc3C([2H])([2H])[2H])cc3c1[n+]-2[c-]n3-c1[c-]c(Oc2[c-]c3c(cc2)c2ccccc2n3-c2cc(C(C)(C)C)ccn2)ccc1.[Pt]. The van der Waals surface area contributed by atoms with E-state index in [-0.39, 0.29) is 65.3 Å². The van der Waals surface area contributed by atoms with Gasteiger partial charge in [0, 0.05) is 60.7 Å². The number of hydrogen-bond donors (Lipinski definition) is 0. The van der Waals surface area contributed by atoms with Gasteiger partial charge in [-0.05, 0) is 186 Å². The number of benzene rings is 10. The minimum absolute atomic E-state index is 0. The Morgan fingerprint density at radius 1 is 0.464 bits per heavy atom. The van der Waals surface area contributed by atoms with Crippen molar-refractivity contribution in [2.45, 2.75) is 79.8 Å². The van der Waals surface area contributed by atoms with E-state index in [2.05, 4.69) is 94.9 Å². The molecule has 5 nitrogen and oxygen atoms in total. The monoisotopic (exact) mass is 1280 g/mol. The maximum atomic E-state index is 8.94. The maximum absolute atomic E-state index is 8.94. The van der Waals surface area contributed by atoms with Gasteiger partial charge >= 0.3 is 0 Å². The van der Waals surface area contributed by atoms with Crippen LogP contribution in [0.15, 0.2) is 206 Å². The molecule has 1 aliphatic heterocycles. The topological polar surface area (TPSA) is 35.9 Å². The Bertz CT molecular complexity index is 5190. The van der Waals surface area contributed by atoms with Gasteiger partial charge in [0.05, 0.1) is 16.7 Å². The summed E-state index contributed by atoms with van der Waals surface area (Å²) in [6, 6.07) is 69.0. The molecule has 0 atom stereocenters. The van der Waals surface area contributed by atoms with Gasteiger partial charge in [-0.1, -0.05) is 181 Å². The fraction of sp³-hybridized carbons (Fsp3) is 0.154. The molecule has 0 saturated carbocycles. The van der Waals surface area contributed by atoms with Gasteiger partial charge in [-0.2, -0.15) is 18.2 Å². The predicted molar refractivity (Wildman–Crippen MR) is 342 cm³/mol. The van der Waals surface area contributed by atoms with Gasteiger partial charge in [-0.3, -0.25) is 4.57 Å². The van der Waals surface area contributed by atoms with Crippen molar-refractivity contribution in [1.29, 1.82) is 0 Å². The Kier molecular flexibility index (Phi) is 10.4. The number of pyridine rings is 1. The molecule has 0 spiro atoms. The van der Waals surface area contributed by atoms with Gasteiger partial charge in [0.25, 0.3) is 6.33 Å². The summed E-state index contributed by atoms with van der Waals surface area (Å²) >= 11 is 0. The van der Waals surface area contributed by atoms with Gasteiger partial charge in [0.15, 0.2) is 0 Å². The molecule has 84 heavy (non-hydrogen) atoms. The van der Waals surface area contributed by atoms with E-state index >= 15 is 0 Å². The first-order valence-electron chi connectivity index (χ1n) is 33.9. The van der Waals surface area contributed by atoms with Crippen molar-refractivity contribution in [2.75, 3.05) is 0 Å². The zero-order chi connectivity index (χ0) is 67.1. The van der Waals surface area contributed by atoms with Crippen LogP contribution in [0.1, 0.15) is 91.4 Å². The summed E-state index contributed by atoms with van der Waals surface area (Å²) in [4.78, 5) is 4.88. The van der Waals surface area contributed by atoms with Crippen LogP contribution < -0.4 is 9.30 Å². The molecule has 0 radical (unpaired) electrons. The molecule has 6 heteroatoms. The van der Waals surface area contributed by atoms with Crippen LogP contribution in [-0.2, 0) is 31.9 Å². The predicted octanol–water partition coefficient (Wildman–Crippen LogP) is 19.7. The number of para-hydroxylation sites is 1. The number of rotatable bonds is 7. The second-order valence-electron chi connectivity index (χ2n) is 23.5. The van der Waals surface area contributed by atoms with Crippen LogP contribution in [0.3, 0.4) is 0 Å². The number of aromatic nitrogens is 4. The van der Waals surface area contributed by atoms with Crippen molar-refractivity contribution >= 4 is 32.8 Å². The Labute approximate surface area is 524 Å². The zero-order valence-electron chi connectivity index (χ0n) is 59.1. The number of aryl methyl sites for hydroxylation is 4. The largest absolute Gasteiger partial charge is 0.510 e. The smallest absolute Gasteiger partial charge is 0.268 e. The zero-order valence-corrected chi connectivity index (χ0v) is 49.4. The fourth-order valence-corrected chi connectivity index (χ4v) is 12.1. The Morgan fingerprint density at radius 2 is 1.02 bits per heavy atom. The summed E-state index contributed by atoms with van der Waals surface area (Å²) in [7, 11) is 0. The van der Waals surface area contributed by atoms with Gasteiger partial charge in [0.1, 0.15) is 5.82 Å². The van der Waals surface area contributed by atoms with E-state index in [0.717, 1.165) is 49.9 Å². The van der Waals surface area contributed by atoms with E-state index in [9.17, 15) is 0 Å². The number of imidazole rings is 1. The molecule has 0 saturated heterocycles. The summed E-state index contributed by atoms with van der Waals surface area (Å²) in [5.74, 6) is 1.44. The van der Waals surface area contributed by atoms with Crippen LogP contribution in [0.5, 0.6) is 11.5 Å². The number of ether oxygens (including phenoxy) is 1. The van der Waals surface area contributed by atoms with Crippen molar-refractivity contribution in [3.05, 3.63) is 258 Å². The van der Waals surface area contributed by atoms with Crippen molar-refractivity contribution in [1.82, 2.24) is 14.1 Å².